The second-order valence-corrected chi connectivity index (χ2v) is 5.26. The number of ketones is 1. The highest BCUT2D eigenvalue weighted by Crippen LogP contribution is 2.25. The van der Waals surface area contributed by atoms with Crippen LogP contribution in [0.3, 0.4) is 0 Å². The van der Waals surface area contributed by atoms with Gasteiger partial charge in [0.15, 0.2) is 0 Å². The first-order valence-corrected chi connectivity index (χ1v) is 6.50. The number of hydrogen-bond acceptors (Lipinski definition) is 3. The molecule has 19 heavy (non-hydrogen) atoms. The number of carbonyl (C=O) groups excluding carboxylic acids is 1. The lowest BCUT2D eigenvalue weighted by atomic mass is 10.1. The average molecular weight is 298 g/mol. The fourth-order valence-electron chi connectivity index (χ4n) is 1.77. The van der Waals surface area contributed by atoms with E-state index < -0.39 is 0 Å². The molecule has 0 aliphatic rings. The maximum atomic E-state index is 12.5. The molecule has 0 aliphatic heterocycles. The van der Waals surface area contributed by atoms with E-state index in [0.717, 1.165) is 0 Å². The van der Waals surface area contributed by atoms with Crippen LogP contribution < -0.4 is 5.73 Å². The molecule has 1 aromatic carbocycles. The zero-order valence-corrected chi connectivity index (χ0v) is 12.0. The van der Waals surface area contributed by atoms with Crippen molar-refractivity contribution in [1.29, 1.82) is 0 Å². The SMILES string of the molecule is CC(C)n1ncc(Cl)c1C(=O)c1ccc(Cl)c(N)c1. The maximum absolute atomic E-state index is 12.5. The fraction of sp³-hybridized carbons (Fsp3) is 0.231. The zero-order valence-electron chi connectivity index (χ0n) is 10.5. The van der Waals surface area contributed by atoms with E-state index in [4.69, 9.17) is 28.9 Å². The van der Waals surface area contributed by atoms with Crippen LogP contribution in [0.25, 0.3) is 0 Å². The van der Waals surface area contributed by atoms with Gasteiger partial charge < -0.3 is 5.73 Å². The Kier molecular flexibility index (Phi) is 3.83. The first-order chi connectivity index (χ1) is 8.91. The molecule has 0 unspecified atom stereocenters. The van der Waals surface area contributed by atoms with Crippen LogP contribution >= 0.6 is 23.2 Å². The van der Waals surface area contributed by atoms with E-state index in [2.05, 4.69) is 5.10 Å². The number of hydrogen-bond donors (Lipinski definition) is 1. The van der Waals surface area contributed by atoms with E-state index in [0.29, 0.717) is 27.0 Å². The Balaban J connectivity index is 2.49. The fourth-order valence-corrected chi connectivity index (χ4v) is 2.10. The summed E-state index contributed by atoms with van der Waals surface area (Å²) in [6, 6.07) is 4.79. The molecule has 2 N–H and O–H groups in total. The molecule has 4 nitrogen and oxygen atoms in total. The van der Waals surface area contributed by atoms with E-state index in [1.165, 1.54) is 6.20 Å². The van der Waals surface area contributed by atoms with Crippen molar-refractivity contribution in [3.05, 3.63) is 45.7 Å². The molecule has 2 rings (SSSR count). The number of carbonyl (C=O) groups is 1. The molecule has 0 atom stereocenters. The molecule has 1 heterocycles. The largest absolute Gasteiger partial charge is 0.398 e. The summed E-state index contributed by atoms with van der Waals surface area (Å²) in [5.41, 5.74) is 6.86. The highest BCUT2D eigenvalue weighted by atomic mass is 35.5. The second kappa shape index (κ2) is 5.23. The second-order valence-electron chi connectivity index (χ2n) is 4.44. The molecule has 0 radical (unpaired) electrons. The van der Waals surface area contributed by atoms with Gasteiger partial charge in [0.25, 0.3) is 0 Å². The Labute approximate surface area is 121 Å². The Morgan fingerprint density at radius 3 is 2.58 bits per heavy atom. The van der Waals surface area contributed by atoms with Gasteiger partial charge in [0.05, 0.1) is 21.9 Å². The molecular formula is C13H13Cl2N3O. The zero-order chi connectivity index (χ0) is 14.2. The number of anilines is 1. The van der Waals surface area contributed by atoms with Gasteiger partial charge in [0.1, 0.15) is 5.69 Å². The third-order valence-corrected chi connectivity index (χ3v) is 3.33. The summed E-state index contributed by atoms with van der Waals surface area (Å²) in [4.78, 5) is 12.5. The summed E-state index contributed by atoms with van der Waals surface area (Å²) < 4.78 is 1.59. The number of benzene rings is 1. The van der Waals surface area contributed by atoms with E-state index in [1.54, 1.807) is 22.9 Å². The van der Waals surface area contributed by atoms with Gasteiger partial charge in [-0.05, 0) is 32.0 Å². The van der Waals surface area contributed by atoms with E-state index in [1.807, 2.05) is 13.8 Å². The number of nitrogens with zero attached hydrogens (tertiary/aromatic N) is 2. The minimum Gasteiger partial charge on any atom is -0.398 e. The third-order valence-electron chi connectivity index (χ3n) is 2.71. The minimum absolute atomic E-state index is 0.0381. The standard InChI is InChI=1S/C13H13Cl2N3O/c1-7(2)18-12(10(15)6-17-18)13(19)8-3-4-9(14)11(16)5-8/h3-7H,16H2,1-2H3. The molecule has 0 saturated heterocycles. The average Bonchev–Trinajstić information content (AvgIpc) is 2.74. The van der Waals surface area contributed by atoms with Gasteiger partial charge in [0, 0.05) is 11.6 Å². The van der Waals surface area contributed by atoms with Gasteiger partial charge in [-0.15, -0.1) is 0 Å². The molecule has 0 bridgehead atoms. The topological polar surface area (TPSA) is 60.9 Å². The number of rotatable bonds is 3. The molecule has 2 aromatic rings. The normalized spacial score (nSPS) is 11.0. The number of aromatic nitrogens is 2. The van der Waals surface area contributed by atoms with Crippen LogP contribution in [0.1, 0.15) is 35.9 Å². The van der Waals surface area contributed by atoms with Crippen molar-refractivity contribution in [3.63, 3.8) is 0 Å². The van der Waals surface area contributed by atoms with Crippen LogP contribution in [0.4, 0.5) is 5.69 Å². The van der Waals surface area contributed by atoms with Gasteiger partial charge in [-0.2, -0.15) is 5.10 Å². The van der Waals surface area contributed by atoms with Crippen LogP contribution in [0, 0.1) is 0 Å². The molecule has 0 fully saturated rings. The molecule has 0 spiro atoms. The Morgan fingerprint density at radius 1 is 1.32 bits per heavy atom. The molecule has 0 aliphatic carbocycles. The van der Waals surface area contributed by atoms with Crippen LogP contribution in [-0.4, -0.2) is 15.6 Å². The lowest BCUT2D eigenvalue weighted by Gasteiger charge is -2.11. The summed E-state index contributed by atoms with van der Waals surface area (Å²) in [7, 11) is 0. The number of nitrogens with two attached hydrogens (primary N) is 1. The van der Waals surface area contributed by atoms with Crippen LogP contribution in [0.15, 0.2) is 24.4 Å². The smallest absolute Gasteiger partial charge is 0.212 e. The Morgan fingerprint density at radius 2 is 2.00 bits per heavy atom. The predicted octanol–water partition coefficient (Wildman–Crippen LogP) is 3.58. The molecular weight excluding hydrogens is 285 g/mol. The minimum atomic E-state index is -0.223. The van der Waals surface area contributed by atoms with Crippen molar-refractivity contribution >= 4 is 34.7 Å². The van der Waals surface area contributed by atoms with Crippen molar-refractivity contribution < 1.29 is 4.79 Å². The van der Waals surface area contributed by atoms with Crippen molar-refractivity contribution in [3.8, 4) is 0 Å². The third kappa shape index (κ3) is 2.60. The monoisotopic (exact) mass is 297 g/mol. The van der Waals surface area contributed by atoms with Crippen LogP contribution in [0.5, 0.6) is 0 Å². The highest BCUT2D eigenvalue weighted by Gasteiger charge is 2.21. The summed E-state index contributed by atoms with van der Waals surface area (Å²) in [5.74, 6) is -0.223. The summed E-state index contributed by atoms with van der Waals surface area (Å²) in [5, 5.41) is 4.85. The lowest BCUT2D eigenvalue weighted by Crippen LogP contribution is -2.14. The van der Waals surface area contributed by atoms with Crippen LogP contribution in [-0.2, 0) is 0 Å². The first kappa shape index (κ1) is 13.9. The van der Waals surface area contributed by atoms with Gasteiger partial charge in [0.2, 0.25) is 5.78 Å². The summed E-state index contributed by atoms with van der Waals surface area (Å²) >= 11 is 11.9. The van der Waals surface area contributed by atoms with Crippen molar-refractivity contribution in [1.82, 2.24) is 9.78 Å². The van der Waals surface area contributed by atoms with E-state index >= 15 is 0 Å². The molecule has 100 valence electrons. The summed E-state index contributed by atoms with van der Waals surface area (Å²) in [6.07, 6.45) is 1.47. The van der Waals surface area contributed by atoms with Gasteiger partial charge in [-0.3, -0.25) is 9.48 Å². The van der Waals surface area contributed by atoms with Crippen molar-refractivity contribution in [2.24, 2.45) is 0 Å². The first-order valence-electron chi connectivity index (χ1n) is 5.74. The molecule has 6 heteroatoms. The van der Waals surface area contributed by atoms with E-state index in [9.17, 15) is 4.79 Å². The molecule has 0 amide bonds. The van der Waals surface area contributed by atoms with Gasteiger partial charge in [-0.25, -0.2) is 0 Å². The van der Waals surface area contributed by atoms with Gasteiger partial charge >= 0.3 is 0 Å². The number of halogens is 2. The Bertz CT molecular complexity index is 635. The van der Waals surface area contributed by atoms with Crippen molar-refractivity contribution in [2.75, 3.05) is 5.73 Å². The Hall–Kier alpha value is -1.52. The van der Waals surface area contributed by atoms with E-state index in [-0.39, 0.29) is 11.8 Å². The lowest BCUT2D eigenvalue weighted by molar-refractivity contribution is 0.102. The van der Waals surface area contributed by atoms with Gasteiger partial charge in [-0.1, -0.05) is 23.2 Å². The predicted molar refractivity (Wildman–Crippen MR) is 76.9 cm³/mol. The van der Waals surface area contributed by atoms with Crippen LogP contribution in [0.2, 0.25) is 10.0 Å². The molecule has 0 saturated carbocycles. The number of nitrogen functional groups attached to an aromatic ring is 1. The quantitative estimate of drug-likeness (QED) is 0.696. The van der Waals surface area contributed by atoms with Crippen molar-refractivity contribution in [2.45, 2.75) is 19.9 Å². The maximum Gasteiger partial charge on any atom is 0.212 e. The summed E-state index contributed by atoms with van der Waals surface area (Å²) in [6.45, 7) is 3.85. The molecule has 1 aromatic heterocycles. The highest BCUT2D eigenvalue weighted by molar-refractivity contribution is 6.35.